The minimum Gasteiger partial charge on any atom is -0.493 e. The average molecular weight is 460 g/mol. The van der Waals surface area contributed by atoms with Gasteiger partial charge in [0.1, 0.15) is 0 Å². The van der Waals surface area contributed by atoms with Gasteiger partial charge in [0.25, 0.3) is 5.69 Å². The summed E-state index contributed by atoms with van der Waals surface area (Å²) < 4.78 is 16.1. The van der Waals surface area contributed by atoms with E-state index in [9.17, 15) is 14.9 Å². The first-order valence-corrected chi connectivity index (χ1v) is 10.3. The number of carbonyl (C=O) groups is 1. The Balaban J connectivity index is 1.66. The molecule has 8 nitrogen and oxygen atoms in total. The van der Waals surface area contributed by atoms with Crippen molar-refractivity contribution in [2.45, 2.75) is 0 Å². The number of allylic oxidation sites excluding steroid dienone is 1. The van der Waals surface area contributed by atoms with Gasteiger partial charge in [-0.05, 0) is 41.5 Å². The second-order valence-corrected chi connectivity index (χ2v) is 7.03. The summed E-state index contributed by atoms with van der Waals surface area (Å²) in [6.45, 7) is 0. The van der Waals surface area contributed by atoms with E-state index >= 15 is 0 Å². The Hall–Kier alpha value is -4.59. The van der Waals surface area contributed by atoms with Gasteiger partial charge in [-0.2, -0.15) is 0 Å². The minimum atomic E-state index is -0.571. The number of rotatable bonds is 10. The molecule has 0 aliphatic heterocycles. The number of carbonyl (C=O) groups excluding carboxylic acids is 1. The number of anilines is 1. The zero-order valence-electron chi connectivity index (χ0n) is 19.0. The van der Waals surface area contributed by atoms with Crippen LogP contribution < -0.4 is 19.5 Å². The van der Waals surface area contributed by atoms with Crippen molar-refractivity contribution < 1.29 is 23.9 Å². The Labute approximate surface area is 197 Å². The molecule has 174 valence electrons. The van der Waals surface area contributed by atoms with Gasteiger partial charge in [-0.15, -0.1) is 0 Å². The third-order valence-corrected chi connectivity index (χ3v) is 4.92. The predicted molar refractivity (Wildman–Crippen MR) is 132 cm³/mol. The summed E-state index contributed by atoms with van der Waals surface area (Å²) in [4.78, 5) is 22.8. The van der Waals surface area contributed by atoms with Gasteiger partial charge >= 0.3 is 0 Å². The molecule has 0 fully saturated rings. The zero-order valence-corrected chi connectivity index (χ0v) is 19.0. The van der Waals surface area contributed by atoms with Gasteiger partial charge in [0, 0.05) is 24.0 Å². The molecule has 0 aliphatic rings. The summed E-state index contributed by atoms with van der Waals surface area (Å²) in [5, 5.41) is 14.1. The van der Waals surface area contributed by atoms with Crippen LogP contribution in [0.3, 0.4) is 0 Å². The molecule has 0 radical (unpaired) electrons. The lowest BCUT2D eigenvalue weighted by atomic mass is 10.1. The maximum Gasteiger partial charge on any atom is 0.280 e. The molecule has 0 atom stereocenters. The molecule has 0 aromatic heterocycles. The Bertz CT molecular complexity index is 1210. The highest BCUT2D eigenvalue weighted by molar-refractivity contribution is 6.07. The van der Waals surface area contributed by atoms with E-state index in [-0.39, 0.29) is 11.3 Å². The molecule has 1 N–H and O–H groups in total. The van der Waals surface area contributed by atoms with E-state index in [0.29, 0.717) is 17.2 Å². The largest absolute Gasteiger partial charge is 0.493 e. The Morgan fingerprint density at radius 3 is 2.09 bits per heavy atom. The number of nitro benzene ring substituents is 1. The Morgan fingerprint density at radius 1 is 0.882 bits per heavy atom. The number of nitrogens with one attached hydrogen (secondary N) is 1. The lowest BCUT2D eigenvalue weighted by molar-refractivity contribution is -0.385. The first-order chi connectivity index (χ1) is 16.5. The molecule has 0 bridgehead atoms. The highest BCUT2D eigenvalue weighted by atomic mass is 16.6. The smallest absolute Gasteiger partial charge is 0.280 e. The molecule has 0 unspecified atom stereocenters. The van der Waals surface area contributed by atoms with Gasteiger partial charge in [0.2, 0.25) is 5.75 Å². The molecule has 0 aliphatic carbocycles. The van der Waals surface area contributed by atoms with Crippen LogP contribution in [0.5, 0.6) is 17.2 Å². The molecular weight excluding hydrogens is 436 g/mol. The van der Waals surface area contributed by atoms with Crippen LogP contribution in [0.1, 0.15) is 21.5 Å². The van der Waals surface area contributed by atoms with Gasteiger partial charge in [-0.25, -0.2) is 0 Å². The topological polar surface area (TPSA) is 99.9 Å². The fraction of sp³-hybridized carbons (Fsp3) is 0.115. The van der Waals surface area contributed by atoms with E-state index in [1.54, 1.807) is 27.4 Å². The number of hydrogen-bond acceptors (Lipinski definition) is 7. The number of benzene rings is 3. The van der Waals surface area contributed by atoms with Gasteiger partial charge in [-0.3, -0.25) is 14.9 Å². The van der Waals surface area contributed by atoms with Crippen molar-refractivity contribution >= 4 is 29.3 Å². The molecule has 0 saturated heterocycles. The molecule has 8 heteroatoms. The molecule has 34 heavy (non-hydrogen) atoms. The number of ether oxygens (including phenoxy) is 3. The summed E-state index contributed by atoms with van der Waals surface area (Å²) >= 11 is 0. The fourth-order valence-electron chi connectivity index (χ4n) is 3.23. The molecule has 0 amide bonds. The second-order valence-electron chi connectivity index (χ2n) is 7.03. The van der Waals surface area contributed by atoms with Crippen LogP contribution >= 0.6 is 0 Å². The van der Waals surface area contributed by atoms with Crippen LogP contribution in [0.4, 0.5) is 11.4 Å². The number of hydrogen-bond donors (Lipinski definition) is 1. The van der Waals surface area contributed by atoms with Crippen LogP contribution in [-0.2, 0) is 0 Å². The molecular formula is C26H24N2O6. The van der Waals surface area contributed by atoms with Crippen LogP contribution in [0, 0.1) is 10.1 Å². The Morgan fingerprint density at radius 2 is 1.50 bits per heavy atom. The normalized spacial score (nSPS) is 10.9. The number of methoxy groups -OCH3 is 3. The summed E-state index contributed by atoms with van der Waals surface area (Å²) in [7, 11) is 4.70. The number of para-hydroxylation sites is 1. The van der Waals surface area contributed by atoms with E-state index in [1.807, 2.05) is 48.6 Å². The van der Waals surface area contributed by atoms with Crippen LogP contribution in [-0.4, -0.2) is 32.0 Å². The van der Waals surface area contributed by atoms with E-state index in [2.05, 4.69) is 5.32 Å². The van der Waals surface area contributed by atoms with Crippen molar-refractivity contribution in [2.75, 3.05) is 26.6 Å². The van der Waals surface area contributed by atoms with Crippen molar-refractivity contribution in [3.8, 4) is 17.2 Å². The quantitative estimate of drug-likeness (QED) is 0.138. The van der Waals surface area contributed by atoms with E-state index in [4.69, 9.17) is 14.2 Å². The number of nitro groups is 1. The average Bonchev–Trinajstić information content (AvgIpc) is 2.87. The maximum atomic E-state index is 12.3. The molecule has 3 aromatic rings. The van der Waals surface area contributed by atoms with Crippen molar-refractivity contribution in [3.63, 3.8) is 0 Å². The molecule has 3 aromatic carbocycles. The Kier molecular flexibility index (Phi) is 8.02. The predicted octanol–water partition coefficient (Wildman–Crippen LogP) is 5.60. The summed E-state index contributed by atoms with van der Waals surface area (Å²) in [5.41, 5.74) is 2.42. The summed E-state index contributed by atoms with van der Waals surface area (Å²) in [6.07, 6.45) is 6.59. The standard InChI is InChI=1S/C26H24N2O6/c1-32-24-16-19(17-25(33-2)26(24)34-3)9-8-18-10-12-20(13-11-18)27-15-14-23(29)21-6-4-5-7-22(21)28(30)31/h4-17,27H,1-3H3. The van der Waals surface area contributed by atoms with Gasteiger partial charge in [0.15, 0.2) is 17.3 Å². The first kappa shape index (κ1) is 24.1. The highest BCUT2D eigenvalue weighted by Crippen LogP contribution is 2.38. The summed E-state index contributed by atoms with van der Waals surface area (Å²) in [6, 6.07) is 17.1. The van der Waals surface area contributed by atoms with E-state index in [1.165, 1.54) is 30.5 Å². The first-order valence-electron chi connectivity index (χ1n) is 10.3. The van der Waals surface area contributed by atoms with Crippen LogP contribution in [0.2, 0.25) is 0 Å². The lowest BCUT2D eigenvalue weighted by Crippen LogP contribution is -2.01. The molecule has 0 spiro atoms. The SMILES string of the molecule is COc1cc(C=Cc2ccc(NC=CC(=O)c3ccccc3[N+](=O)[O-])cc2)cc(OC)c1OC. The van der Waals surface area contributed by atoms with Gasteiger partial charge in [0.05, 0.1) is 31.8 Å². The van der Waals surface area contributed by atoms with Crippen molar-refractivity contribution in [2.24, 2.45) is 0 Å². The molecule has 3 rings (SSSR count). The van der Waals surface area contributed by atoms with Crippen LogP contribution in [0.15, 0.2) is 72.9 Å². The van der Waals surface area contributed by atoms with E-state index < -0.39 is 10.7 Å². The van der Waals surface area contributed by atoms with Gasteiger partial charge in [-0.1, -0.05) is 36.4 Å². The third-order valence-electron chi connectivity index (χ3n) is 4.92. The fourth-order valence-corrected chi connectivity index (χ4v) is 3.23. The van der Waals surface area contributed by atoms with E-state index in [0.717, 1.165) is 16.8 Å². The maximum absolute atomic E-state index is 12.3. The van der Waals surface area contributed by atoms with Crippen molar-refractivity contribution in [3.05, 3.63) is 99.7 Å². The number of nitrogens with zero attached hydrogens (tertiary/aromatic N) is 1. The second kappa shape index (κ2) is 11.3. The number of ketones is 1. The van der Waals surface area contributed by atoms with Crippen molar-refractivity contribution in [1.82, 2.24) is 0 Å². The zero-order chi connectivity index (χ0) is 24.5. The van der Waals surface area contributed by atoms with Gasteiger partial charge < -0.3 is 19.5 Å². The molecule has 0 saturated carbocycles. The van der Waals surface area contributed by atoms with Crippen molar-refractivity contribution in [1.29, 1.82) is 0 Å². The highest BCUT2D eigenvalue weighted by Gasteiger charge is 2.16. The molecule has 0 heterocycles. The lowest BCUT2D eigenvalue weighted by Gasteiger charge is -2.12. The summed E-state index contributed by atoms with van der Waals surface area (Å²) in [5.74, 6) is 1.22. The minimum absolute atomic E-state index is 0.0397. The third kappa shape index (κ3) is 5.80. The monoisotopic (exact) mass is 460 g/mol. The van der Waals surface area contributed by atoms with Crippen LogP contribution in [0.25, 0.3) is 12.2 Å².